The van der Waals surface area contributed by atoms with Gasteiger partial charge in [0.25, 0.3) is 0 Å². The summed E-state index contributed by atoms with van der Waals surface area (Å²) >= 11 is 0. The second kappa shape index (κ2) is 8.78. The van der Waals surface area contributed by atoms with E-state index in [1.807, 2.05) is 23.0 Å². The number of nitrogens with zero attached hydrogens (tertiary/aromatic N) is 5. The van der Waals surface area contributed by atoms with Crippen molar-refractivity contribution in [2.75, 3.05) is 23.4 Å². The van der Waals surface area contributed by atoms with Crippen molar-refractivity contribution in [2.24, 2.45) is 0 Å². The number of hydrogen-bond donors (Lipinski definition) is 2. The van der Waals surface area contributed by atoms with Crippen molar-refractivity contribution in [1.29, 1.82) is 0 Å². The minimum Gasteiger partial charge on any atom is -0.396 e. The summed E-state index contributed by atoms with van der Waals surface area (Å²) in [4.78, 5) is 11.6. The van der Waals surface area contributed by atoms with Crippen LogP contribution in [-0.2, 0) is 6.54 Å². The molecule has 29 heavy (non-hydrogen) atoms. The highest BCUT2D eigenvalue weighted by atomic mass is 16.3. The molecule has 154 valence electrons. The number of aromatic nitrogens is 4. The zero-order valence-electron chi connectivity index (χ0n) is 17.3. The average Bonchev–Trinajstić information content (AvgIpc) is 3.18. The third-order valence-corrected chi connectivity index (χ3v) is 5.69. The van der Waals surface area contributed by atoms with Gasteiger partial charge in [-0.1, -0.05) is 19.9 Å². The summed E-state index contributed by atoms with van der Waals surface area (Å²) in [6.07, 6.45) is 9.82. The van der Waals surface area contributed by atoms with Gasteiger partial charge in [-0.05, 0) is 43.2 Å². The van der Waals surface area contributed by atoms with Crippen molar-refractivity contribution < 1.29 is 5.11 Å². The molecule has 1 fully saturated rings. The first-order valence-corrected chi connectivity index (χ1v) is 10.6. The maximum absolute atomic E-state index is 9.52. The average molecular weight is 395 g/mol. The molecular formula is C22H30N6O. The van der Waals surface area contributed by atoms with Crippen LogP contribution in [0.5, 0.6) is 0 Å². The molecule has 4 heterocycles. The van der Waals surface area contributed by atoms with E-state index in [4.69, 9.17) is 4.98 Å². The van der Waals surface area contributed by atoms with E-state index in [1.165, 1.54) is 6.42 Å². The molecule has 1 atom stereocenters. The number of aliphatic hydroxyl groups is 1. The normalized spacial score (nSPS) is 17.2. The molecule has 0 aromatic carbocycles. The summed E-state index contributed by atoms with van der Waals surface area (Å²) in [5.41, 5.74) is 3.16. The summed E-state index contributed by atoms with van der Waals surface area (Å²) in [6.45, 7) is 6.19. The molecule has 0 bridgehead atoms. The summed E-state index contributed by atoms with van der Waals surface area (Å²) in [5.74, 6) is 2.23. The van der Waals surface area contributed by atoms with Gasteiger partial charge in [0.15, 0.2) is 5.65 Å². The molecule has 0 spiro atoms. The number of pyridine rings is 1. The minimum absolute atomic E-state index is 0.208. The Morgan fingerprint density at radius 1 is 1.28 bits per heavy atom. The second-order valence-electron chi connectivity index (χ2n) is 8.06. The topological polar surface area (TPSA) is 78.6 Å². The second-order valence-corrected chi connectivity index (χ2v) is 8.06. The fourth-order valence-corrected chi connectivity index (χ4v) is 4.09. The number of piperidine rings is 1. The van der Waals surface area contributed by atoms with E-state index in [1.54, 1.807) is 6.20 Å². The summed E-state index contributed by atoms with van der Waals surface area (Å²) in [7, 11) is 0. The molecule has 7 heteroatoms. The summed E-state index contributed by atoms with van der Waals surface area (Å²) in [6, 6.07) is 6.43. The number of hydrogen-bond acceptors (Lipinski definition) is 6. The molecule has 2 N–H and O–H groups in total. The van der Waals surface area contributed by atoms with Crippen molar-refractivity contribution in [2.45, 2.75) is 58.0 Å². The quantitative estimate of drug-likeness (QED) is 0.637. The first-order valence-electron chi connectivity index (χ1n) is 10.6. The van der Waals surface area contributed by atoms with Crippen LogP contribution in [0.15, 0.2) is 36.8 Å². The highest BCUT2D eigenvalue weighted by Gasteiger charge is 2.25. The van der Waals surface area contributed by atoms with Gasteiger partial charge in [0.05, 0.1) is 6.20 Å². The van der Waals surface area contributed by atoms with Gasteiger partial charge in [-0.2, -0.15) is 9.61 Å². The van der Waals surface area contributed by atoms with Crippen LogP contribution in [0, 0.1) is 0 Å². The molecule has 1 aliphatic rings. The Labute approximate surface area is 171 Å². The van der Waals surface area contributed by atoms with Gasteiger partial charge in [0.1, 0.15) is 11.6 Å². The maximum atomic E-state index is 9.52. The molecule has 1 aliphatic heterocycles. The van der Waals surface area contributed by atoms with Gasteiger partial charge in [-0.3, -0.25) is 4.98 Å². The lowest BCUT2D eigenvalue weighted by Gasteiger charge is -2.36. The third-order valence-electron chi connectivity index (χ3n) is 5.69. The summed E-state index contributed by atoms with van der Waals surface area (Å²) < 4.78 is 1.90. The Morgan fingerprint density at radius 2 is 2.17 bits per heavy atom. The molecule has 0 amide bonds. The molecule has 0 saturated carbocycles. The largest absolute Gasteiger partial charge is 0.396 e. The smallest absolute Gasteiger partial charge is 0.163 e. The van der Waals surface area contributed by atoms with E-state index in [9.17, 15) is 5.11 Å². The zero-order valence-corrected chi connectivity index (χ0v) is 17.3. The van der Waals surface area contributed by atoms with E-state index >= 15 is 0 Å². The van der Waals surface area contributed by atoms with E-state index in [-0.39, 0.29) is 6.61 Å². The molecule has 3 aromatic heterocycles. The molecule has 1 unspecified atom stereocenters. The third kappa shape index (κ3) is 4.19. The predicted molar refractivity (Wildman–Crippen MR) is 115 cm³/mol. The molecule has 4 rings (SSSR count). The molecular weight excluding hydrogens is 364 g/mol. The fraction of sp³-hybridized carbons (Fsp3) is 0.500. The van der Waals surface area contributed by atoms with Crippen LogP contribution in [0.1, 0.15) is 56.6 Å². The molecule has 7 nitrogen and oxygen atoms in total. The van der Waals surface area contributed by atoms with E-state index in [0.29, 0.717) is 18.5 Å². The van der Waals surface area contributed by atoms with Gasteiger partial charge in [0, 0.05) is 49.8 Å². The maximum Gasteiger partial charge on any atom is 0.163 e. The van der Waals surface area contributed by atoms with Gasteiger partial charge >= 0.3 is 0 Å². The zero-order chi connectivity index (χ0) is 20.2. The fourth-order valence-electron chi connectivity index (χ4n) is 4.09. The number of rotatable bonds is 7. The highest BCUT2D eigenvalue weighted by Crippen LogP contribution is 2.30. The Hall–Kier alpha value is -2.67. The van der Waals surface area contributed by atoms with Crippen molar-refractivity contribution in [1.82, 2.24) is 19.6 Å². The Kier molecular flexibility index (Phi) is 5.94. The minimum atomic E-state index is 0.208. The van der Waals surface area contributed by atoms with Crippen LogP contribution < -0.4 is 10.2 Å². The van der Waals surface area contributed by atoms with Crippen molar-refractivity contribution >= 4 is 17.3 Å². The van der Waals surface area contributed by atoms with Gasteiger partial charge < -0.3 is 15.3 Å². The van der Waals surface area contributed by atoms with E-state index < -0.39 is 0 Å². The van der Waals surface area contributed by atoms with Gasteiger partial charge in [-0.15, -0.1) is 0 Å². The van der Waals surface area contributed by atoms with Crippen LogP contribution in [0.2, 0.25) is 0 Å². The Bertz CT molecular complexity index is 937. The van der Waals surface area contributed by atoms with E-state index in [0.717, 1.165) is 54.2 Å². The van der Waals surface area contributed by atoms with Crippen molar-refractivity contribution in [3.63, 3.8) is 0 Å². The number of aliphatic hydroxyl groups excluding tert-OH is 1. The molecule has 1 saturated heterocycles. The van der Waals surface area contributed by atoms with E-state index in [2.05, 4.69) is 46.3 Å². The lowest BCUT2D eigenvalue weighted by atomic mass is 9.99. The van der Waals surface area contributed by atoms with Crippen LogP contribution in [0.4, 0.5) is 11.6 Å². The molecule has 0 radical (unpaired) electrons. The molecule has 3 aromatic rings. The van der Waals surface area contributed by atoms with Crippen molar-refractivity contribution in [3.05, 3.63) is 47.9 Å². The number of fused-ring (bicyclic) bond motifs is 1. The lowest BCUT2D eigenvalue weighted by molar-refractivity contribution is 0.262. The van der Waals surface area contributed by atoms with Crippen LogP contribution in [0.3, 0.4) is 0 Å². The monoisotopic (exact) mass is 394 g/mol. The summed E-state index contributed by atoms with van der Waals surface area (Å²) in [5, 5.41) is 17.7. The highest BCUT2D eigenvalue weighted by molar-refractivity contribution is 5.62. The molecule has 0 aliphatic carbocycles. The lowest BCUT2D eigenvalue weighted by Crippen LogP contribution is -2.40. The predicted octanol–water partition coefficient (Wildman–Crippen LogP) is 3.60. The van der Waals surface area contributed by atoms with Crippen LogP contribution in [0.25, 0.3) is 5.65 Å². The van der Waals surface area contributed by atoms with Gasteiger partial charge in [-0.25, -0.2) is 4.98 Å². The number of nitrogens with one attached hydrogen (secondary N) is 1. The number of anilines is 2. The Morgan fingerprint density at radius 3 is 2.93 bits per heavy atom. The van der Waals surface area contributed by atoms with Crippen LogP contribution in [-0.4, -0.2) is 43.9 Å². The van der Waals surface area contributed by atoms with Crippen LogP contribution >= 0.6 is 0 Å². The Balaban J connectivity index is 1.72. The SMILES string of the molecule is CC(C)c1cnn2c(NCc3cccnc3)cc(N3CCCCC3CCO)nc12. The van der Waals surface area contributed by atoms with Crippen molar-refractivity contribution in [3.8, 4) is 0 Å². The standard InChI is InChI=1S/C22H30N6O/c1-16(2)19-15-25-28-20(24-14-17-6-5-9-23-13-17)12-21(26-22(19)28)27-10-4-3-7-18(27)8-11-29/h5-6,9,12-13,15-16,18,24,29H,3-4,7-8,10-11,14H2,1-2H3. The first kappa shape index (κ1) is 19.6. The van der Waals surface area contributed by atoms with Gasteiger partial charge in [0.2, 0.25) is 0 Å². The first-order chi connectivity index (χ1) is 14.2.